The zero-order chi connectivity index (χ0) is 23.5. The van der Waals surface area contributed by atoms with Crippen LogP contribution in [0.1, 0.15) is 30.4 Å². The van der Waals surface area contributed by atoms with E-state index in [2.05, 4.69) is 47.5 Å². The van der Waals surface area contributed by atoms with E-state index >= 15 is 0 Å². The molecule has 168 valence electrons. The van der Waals surface area contributed by atoms with Gasteiger partial charge in [-0.25, -0.2) is 0 Å². The monoisotopic (exact) mass is 448 g/mol. The van der Waals surface area contributed by atoms with Crippen LogP contribution in [0.5, 0.6) is 11.6 Å². The molecular formula is C28H24N4O2. The van der Waals surface area contributed by atoms with Crippen LogP contribution in [0.3, 0.4) is 0 Å². The highest BCUT2D eigenvalue weighted by Gasteiger charge is 2.35. The molecule has 3 N–H and O–H groups in total. The van der Waals surface area contributed by atoms with Crippen LogP contribution in [0, 0.1) is 11.3 Å². The number of H-pyrrole nitrogens is 1. The highest BCUT2D eigenvalue weighted by Crippen LogP contribution is 2.46. The van der Waals surface area contributed by atoms with Crippen LogP contribution in [0.4, 0.5) is 0 Å². The van der Waals surface area contributed by atoms with Crippen molar-refractivity contribution in [2.45, 2.75) is 19.3 Å². The Morgan fingerprint density at radius 3 is 2.32 bits per heavy atom. The fraction of sp³-hybridized carbons (Fsp3) is 0.143. The number of ether oxygens (including phenoxy) is 2. The van der Waals surface area contributed by atoms with Gasteiger partial charge >= 0.3 is 0 Å². The number of hydrogen-bond acceptors (Lipinski definition) is 5. The van der Waals surface area contributed by atoms with Gasteiger partial charge in [-0.1, -0.05) is 61.5 Å². The summed E-state index contributed by atoms with van der Waals surface area (Å²) in [5, 5.41) is 17.4. The molecule has 1 atom stereocenters. The molecule has 1 aliphatic heterocycles. The first-order chi connectivity index (χ1) is 16.7. The van der Waals surface area contributed by atoms with Crippen molar-refractivity contribution in [1.29, 1.82) is 5.26 Å². The summed E-state index contributed by atoms with van der Waals surface area (Å²) in [5.41, 5.74) is 12.2. The van der Waals surface area contributed by atoms with E-state index in [0.717, 1.165) is 45.7 Å². The minimum absolute atomic E-state index is 0.0773. The van der Waals surface area contributed by atoms with Crippen molar-refractivity contribution in [2.24, 2.45) is 5.73 Å². The molecule has 1 aliphatic rings. The molecule has 6 heteroatoms. The zero-order valence-electron chi connectivity index (χ0n) is 18.8. The Bertz CT molecular complexity index is 1360. The minimum atomic E-state index is -0.400. The number of aromatic amines is 1. The number of benzene rings is 3. The summed E-state index contributed by atoms with van der Waals surface area (Å²) in [6, 6.07) is 28.4. The van der Waals surface area contributed by atoms with E-state index in [0.29, 0.717) is 18.1 Å². The molecule has 0 saturated carbocycles. The van der Waals surface area contributed by atoms with E-state index in [1.807, 2.05) is 54.6 Å². The summed E-state index contributed by atoms with van der Waals surface area (Å²) >= 11 is 0. The SMILES string of the molecule is CCCOc1ccc(-c2[nH]nc3c2[C@@H](c2ccc(-c4ccccc4)cc2)C(C#N)=C(N)O3)cc1. The summed E-state index contributed by atoms with van der Waals surface area (Å²) < 4.78 is 11.4. The van der Waals surface area contributed by atoms with Gasteiger partial charge in [0.15, 0.2) is 0 Å². The fourth-order valence-corrected chi connectivity index (χ4v) is 4.23. The molecule has 6 nitrogen and oxygen atoms in total. The molecule has 5 rings (SSSR count). The third-order valence-corrected chi connectivity index (χ3v) is 5.91. The molecule has 34 heavy (non-hydrogen) atoms. The van der Waals surface area contributed by atoms with Crippen LogP contribution < -0.4 is 15.2 Å². The summed E-state index contributed by atoms with van der Waals surface area (Å²) in [6.45, 7) is 2.74. The summed E-state index contributed by atoms with van der Waals surface area (Å²) in [5.74, 6) is 0.872. The number of nitrogens with one attached hydrogen (secondary N) is 1. The van der Waals surface area contributed by atoms with Crippen molar-refractivity contribution in [1.82, 2.24) is 10.2 Å². The van der Waals surface area contributed by atoms with Gasteiger partial charge in [0.1, 0.15) is 17.4 Å². The minimum Gasteiger partial charge on any atom is -0.494 e. The van der Waals surface area contributed by atoms with Crippen molar-refractivity contribution < 1.29 is 9.47 Å². The van der Waals surface area contributed by atoms with Crippen molar-refractivity contribution in [3.63, 3.8) is 0 Å². The van der Waals surface area contributed by atoms with E-state index in [-0.39, 0.29) is 5.88 Å². The van der Waals surface area contributed by atoms with Gasteiger partial charge in [-0.2, -0.15) is 5.26 Å². The average Bonchev–Trinajstić information content (AvgIpc) is 3.31. The number of aromatic nitrogens is 2. The van der Waals surface area contributed by atoms with Crippen molar-refractivity contribution in [3.8, 4) is 40.1 Å². The molecule has 0 aliphatic carbocycles. The third kappa shape index (κ3) is 3.89. The molecule has 0 fully saturated rings. The fourth-order valence-electron chi connectivity index (χ4n) is 4.23. The van der Waals surface area contributed by atoms with Gasteiger partial charge in [0.05, 0.1) is 23.8 Å². The van der Waals surface area contributed by atoms with Gasteiger partial charge in [0.2, 0.25) is 11.8 Å². The van der Waals surface area contributed by atoms with Crippen LogP contribution in [0.25, 0.3) is 22.4 Å². The number of fused-ring (bicyclic) bond motifs is 1. The van der Waals surface area contributed by atoms with E-state index in [4.69, 9.17) is 15.2 Å². The molecule has 3 aromatic carbocycles. The van der Waals surface area contributed by atoms with Crippen LogP contribution in [-0.4, -0.2) is 16.8 Å². The Balaban J connectivity index is 1.56. The number of nitrogens with zero attached hydrogens (tertiary/aromatic N) is 2. The van der Waals surface area contributed by atoms with Gasteiger partial charge in [0, 0.05) is 5.56 Å². The smallest absolute Gasteiger partial charge is 0.244 e. The van der Waals surface area contributed by atoms with Crippen molar-refractivity contribution >= 4 is 0 Å². The molecular weight excluding hydrogens is 424 g/mol. The van der Waals surface area contributed by atoms with Gasteiger partial charge in [0.25, 0.3) is 0 Å². The lowest BCUT2D eigenvalue weighted by Gasteiger charge is -2.24. The quantitative estimate of drug-likeness (QED) is 0.391. The highest BCUT2D eigenvalue weighted by atomic mass is 16.5. The lowest BCUT2D eigenvalue weighted by Crippen LogP contribution is -2.21. The predicted molar refractivity (Wildman–Crippen MR) is 131 cm³/mol. The number of nitriles is 1. The summed E-state index contributed by atoms with van der Waals surface area (Å²) in [6.07, 6.45) is 0.947. The van der Waals surface area contributed by atoms with Crippen LogP contribution >= 0.6 is 0 Å². The maximum Gasteiger partial charge on any atom is 0.244 e. The molecule has 1 aromatic heterocycles. The molecule has 0 amide bonds. The average molecular weight is 449 g/mol. The number of rotatable bonds is 6. The molecule has 2 heterocycles. The van der Waals surface area contributed by atoms with Gasteiger partial charge in [-0.3, -0.25) is 5.10 Å². The van der Waals surface area contributed by atoms with Crippen molar-refractivity contribution in [2.75, 3.05) is 6.61 Å². The standard InChI is InChI=1S/C28H24N4O2/c1-2-16-33-22-14-12-21(13-15-22)26-25-24(23(17-29)27(30)34-28(25)32-31-26)20-10-8-19(9-11-20)18-6-4-3-5-7-18/h3-15,24H,2,16,30H2,1H3,(H,31,32)/t24-/m0/s1. The Kier molecular flexibility index (Phi) is 5.75. The Labute approximate surface area is 198 Å². The molecule has 0 spiro atoms. The topological polar surface area (TPSA) is 97.0 Å². The Hall–Kier alpha value is -4.50. The van der Waals surface area contributed by atoms with E-state index in [1.54, 1.807) is 0 Å². The normalized spacial score (nSPS) is 14.8. The first kappa shape index (κ1) is 21.4. The molecule has 0 bridgehead atoms. The first-order valence-corrected chi connectivity index (χ1v) is 11.2. The molecule has 0 saturated heterocycles. The third-order valence-electron chi connectivity index (χ3n) is 5.91. The van der Waals surface area contributed by atoms with Crippen molar-refractivity contribution in [3.05, 3.63) is 101 Å². The van der Waals surface area contributed by atoms with Gasteiger partial charge in [-0.15, -0.1) is 5.10 Å². The molecule has 0 unspecified atom stereocenters. The Morgan fingerprint density at radius 1 is 0.971 bits per heavy atom. The lowest BCUT2D eigenvalue weighted by molar-refractivity contribution is 0.317. The van der Waals surface area contributed by atoms with Gasteiger partial charge in [-0.05, 0) is 47.4 Å². The van der Waals surface area contributed by atoms with E-state index < -0.39 is 5.92 Å². The molecule has 0 radical (unpaired) electrons. The Morgan fingerprint density at radius 2 is 1.65 bits per heavy atom. The van der Waals surface area contributed by atoms with Crippen LogP contribution in [0.15, 0.2) is 90.3 Å². The second-order valence-electron chi connectivity index (χ2n) is 8.10. The van der Waals surface area contributed by atoms with E-state index in [1.165, 1.54) is 0 Å². The second-order valence-corrected chi connectivity index (χ2v) is 8.10. The first-order valence-electron chi connectivity index (χ1n) is 11.2. The number of hydrogen-bond donors (Lipinski definition) is 2. The highest BCUT2D eigenvalue weighted by molar-refractivity contribution is 5.72. The summed E-state index contributed by atoms with van der Waals surface area (Å²) in [4.78, 5) is 0. The lowest BCUT2D eigenvalue weighted by atomic mass is 9.82. The van der Waals surface area contributed by atoms with Crippen LogP contribution in [0.2, 0.25) is 0 Å². The largest absolute Gasteiger partial charge is 0.494 e. The maximum absolute atomic E-state index is 9.95. The summed E-state index contributed by atoms with van der Waals surface area (Å²) in [7, 11) is 0. The molecule has 4 aromatic rings. The zero-order valence-corrected chi connectivity index (χ0v) is 18.8. The number of allylic oxidation sites excluding steroid dienone is 1. The van der Waals surface area contributed by atoms with Crippen LogP contribution in [-0.2, 0) is 0 Å². The van der Waals surface area contributed by atoms with Gasteiger partial charge < -0.3 is 15.2 Å². The second kappa shape index (κ2) is 9.16. The number of nitrogens with two attached hydrogens (primary N) is 1. The predicted octanol–water partition coefficient (Wildman–Crippen LogP) is 5.75. The maximum atomic E-state index is 9.95. The van der Waals surface area contributed by atoms with E-state index in [9.17, 15) is 5.26 Å².